The predicted molar refractivity (Wildman–Crippen MR) is 57.0 cm³/mol. The normalized spacial score (nSPS) is 21.6. The van der Waals surface area contributed by atoms with Crippen molar-refractivity contribution < 1.29 is 0 Å². The quantitative estimate of drug-likeness (QED) is 0.725. The van der Waals surface area contributed by atoms with Gasteiger partial charge in [0.05, 0.1) is 16.1 Å². The molecule has 1 fully saturated rings. The molecule has 13 heavy (non-hydrogen) atoms. The Kier molecular flexibility index (Phi) is 2.47. The van der Waals surface area contributed by atoms with E-state index in [2.05, 4.69) is 10.3 Å². The van der Waals surface area contributed by atoms with Crippen LogP contribution in [0.2, 0.25) is 5.02 Å². The number of thiocarbonyl (C=S) groups is 1. The van der Waals surface area contributed by atoms with E-state index in [0.717, 1.165) is 23.4 Å². The lowest BCUT2D eigenvalue weighted by Gasteiger charge is -2.09. The fraction of sp³-hybridized carbons (Fsp3) is 0.333. The van der Waals surface area contributed by atoms with Gasteiger partial charge in [-0.25, -0.2) is 0 Å². The molecule has 0 amide bonds. The van der Waals surface area contributed by atoms with Crippen molar-refractivity contribution in [3.8, 4) is 0 Å². The van der Waals surface area contributed by atoms with Gasteiger partial charge in [-0.15, -0.1) is 0 Å². The molecule has 2 nitrogen and oxygen atoms in total. The van der Waals surface area contributed by atoms with Crippen molar-refractivity contribution in [2.75, 3.05) is 0 Å². The van der Waals surface area contributed by atoms with Crippen molar-refractivity contribution in [3.05, 3.63) is 29.0 Å². The van der Waals surface area contributed by atoms with E-state index in [4.69, 9.17) is 23.8 Å². The Morgan fingerprint density at radius 2 is 2.38 bits per heavy atom. The maximum atomic E-state index is 5.84. The molecule has 0 aromatic carbocycles. The van der Waals surface area contributed by atoms with Gasteiger partial charge in [0.15, 0.2) is 0 Å². The summed E-state index contributed by atoms with van der Waals surface area (Å²) in [6.07, 6.45) is 5.48. The average Bonchev–Trinajstić information content (AvgIpc) is 2.52. The Bertz CT molecular complexity index is 340. The summed E-state index contributed by atoms with van der Waals surface area (Å²) in [6.45, 7) is 0. The molecule has 0 radical (unpaired) electrons. The van der Waals surface area contributed by atoms with Crippen LogP contribution in [0.3, 0.4) is 0 Å². The second-order valence-corrected chi connectivity index (χ2v) is 4.02. The lowest BCUT2D eigenvalue weighted by Crippen LogP contribution is -2.16. The average molecular weight is 213 g/mol. The summed E-state index contributed by atoms with van der Waals surface area (Å²) >= 11 is 10.9. The molecule has 2 rings (SSSR count). The van der Waals surface area contributed by atoms with Gasteiger partial charge in [-0.3, -0.25) is 4.98 Å². The molecule has 4 heteroatoms. The molecule has 0 bridgehead atoms. The third-order valence-corrected chi connectivity index (χ3v) is 2.65. The molecule has 1 aromatic heterocycles. The summed E-state index contributed by atoms with van der Waals surface area (Å²) in [5, 5.41) is 3.91. The van der Waals surface area contributed by atoms with Crippen molar-refractivity contribution >= 4 is 28.8 Å². The highest BCUT2D eigenvalue weighted by atomic mass is 35.5. The minimum atomic E-state index is 0.304. The van der Waals surface area contributed by atoms with Gasteiger partial charge in [-0.05, 0) is 24.5 Å². The third kappa shape index (κ3) is 1.98. The highest BCUT2D eigenvalue weighted by Crippen LogP contribution is 2.25. The van der Waals surface area contributed by atoms with Gasteiger partial charge in [-0.2, -0.15) is 0 Å². The Morgan fingerprint density at radius 1 is 1.54 bits per heavy atom. The van der Waals surface area contributed by atoms with Gasteiger partial charge >= 0.3 is 0 Å². The smallest absolute Gasteiger partial charge is 0.0759 e. The third-order valence-electron chi connectivity index (χ3n) is 2.12. The fourth-order valence-corrected chi connectivity index (χ4v) is 1.93. The molecule has 1 unspecified atom stereocenters. The fourth-order valence-electron chi connectivity index (χ4n) is 1.48. The highest BCUT2D eigenvalue weighted by molar-refractivity contribution is 7.80. The van der Waals surface area contributed by atoms with E-state index in [0.29, 0.717) is 11.1 Å². The monoisotopic (exact) mass is 212 g/mol. The van der Waals surface area contributed by atoms with Crippen molar-refractivity contribution in [2.24, 2.45) is 0 Å². The summed E-state index contributed by atoms with van der Waals surface area (Å²) < 4.78 is 0. The van der Waals surface area contributed by atoms with E-state index < -0.39 is 0 Å². The number of rotatable bonds is 1. The van der Waals surface area contributed by atoms with E-state index >= 15 is 0 Å². The topological polar surface area (TPSA) is 24.9 Å². The van der Waals surface area contributed by atoms with Crippen LogP contribution in [-0.2, 0) is 0 Å². The zero-order chi connectivity index (χ0) is 9.26. The van der Waals surface area contributed by atoms with Gasteiger partial charge in [0.1, 0.15) is 0 Å². The molecule has 1 aromatic rings. The number of halogens is 1. The van der Waals surface area contributed by atoms with Crippen LogP contribution in [0, 0.1) is 0 Å². The minimum absolute atomic E-state index is 0.304. The Labute approximate surface area is 87.3 Å². The van der Waals surface area contributed by atoms with Crippen LogP contribution in [-0.4, -0.2) is 9.97 Å². The van der Waals surface area contributed by atoms with Crippen molar-refractivity contribution in [1.29, 1.82) is 0 Å². The molecule has 68 valence electrons. The number of nitrogens with zero attached hydrogens (tertiary/aromatic N) is 1. The first kappa shape index (κ1) is 8.91. The molecule has 0 saturated carbocycles. The zero-order valence-electron chi connectivity index (χ0n) is 6.96. The van der Waals surface area contributed by atoms with E-state index in [1.165, 1.54) is 0 Å². The SMILES string of the molecule is S=C1CCC(c2cncc(Cl)c2)N1. The number of nitrogens with one attached hydrogen (secondary N) is 1. The molecule has 1 saturated heterocycles. The van der Waals surface area contributed by atoms with Crippen molar-refractivity contribution in [2.45, 2.75) is 18.9 Å². The number of aromatic nitrogens is 1. The summed E-state index contributed by atoms with van der Waals surface area (Å²) in [5.41, 5.74) is 1.12. The van der Waals surface area contributed by atoms with Crippen LogP contribution in [0.4, 0.5) is 0 Å². The molecule has 1 aliphatic heterocycles. The van der Waals surface area contributed by atoms with E-state index in [1.807, 2.05) is 12.3 Å². The highest BCUT2D eigenvalue weighted by Gasteiger charge is 2.19. The molecule has 1 aliphatic rings. The minimum Gasteiger partial charge on any atom is -0.373 e. The van der Waals surface area contributed by atoms with E-state index in [1.54, 1.807) is 6.20 Å². The van der Waals surface area contributed by atoms with Gasteiger partial charge in [0, 0.05) is 12.4 Å². The van der Waals surface area contributed by atoms with Crippen molar-refractivity contribution in [3.63, 3.8) is 0 Å². The maximum absolute atomic E-state index is 5.84. The number of hydrogen-bond donors (Lipinski definition) is 1. The Morgan fingerprint density at radius 3 is 3.00 bits per heavy atom. The molecule has 1 atom stereocenters. The van der Waals surface area contributed by atoms with Gasteiger partial charge in [0.2, 0.25) is 0 Å². The van der Waals surface area contributed by atoms with Crippen LogP contribution in [0.15, 0.2) is 18.5 Å². The Balaban J connectivity index is 2.21. The summed E-state index contributed by atoms with van der Waals surface area (Å²) in [5.74, 6) is 0. The maximum Gasteiger partial charge on any atom is 0.0759 e. The van der Waals surface area contributed by atoms with Crippen LogP contribution >= 0.6 is 23.8 Å². The lowest BCUT2D eigenvalue weighted by atomic mass is 10.1. The van der Waals surface area contributed by atoms with Gasteiger partial charge in [0.25, 0.3) is 0 Å². The molecule has 0 aliphatic carbocycles. The number of hydrogen-bond acceptors (Lipinski definition) is 2. The summed E-state index contributed by atoms with van der Waals surface area (Å²) in [7, 11) is 0. The summed E-state index contributed by atoms with van der Waals surface area (Å²) in [6, 6.07) is 2.24. The summed E-state index contributed by atoms with van der Waals surface area (Å²) in [4.78, 5) is 4.97. The van der Waals surface area contributed by atoms with Crippen LogP contribution in [0.1, 0.15) is 24.4 Å². The van der Waals surface area contributed by atoms with Crippen molar-refractivity contribution in [1.82, 2.24) is 10.3 Å². The van der Waals surface area contributed by atoms with E-state index in [-0.39, 0.29) is 0 Å². The van der Waals surface area contributed by atoms with Crippen LogP contribution in [0.25, 0.3) is 0 Å². The zero-order valence-corrected chi connectivity index (χ0v) is 8.53. The second-order valence-electron chi connectivity index (χ2n) is 3.10. The molecule has 0 spiro atoms. The number of pyridine rings is 1. The largest absolute Gasteiger partial charge is 0.373 e. The lowest BCUT2D eigenvalue weighted by molar-refractivity contribution is 0.672. The Hall–Kier alpha value is -0.670. The first-order valence-corrected chi connectivity index (χ1v) is 4.94. The molecular formula is C9H9ClN2S. The first-order chi connectivity index (χ1) is 6.25. The molecule has 1 N–H and O–H groups in total. The van der Waals surface area contributed by atoms with Gasteiger partial charge in [-0.1, -0.05) is 23.8 Å². The standard InChI is InChI=1S/C9H9ClN2S/c10-7-3-6(4-11-5-7)8-1-2-9(13)12-8/h3-5,8H,1-2H2,(H,12,13). The molecular weight excluding hydrogens is 204 g/mol. The van der Waals surface area contributed by atoms with Crippen LogP contribution in [0.5, 0.6) is 0 Å². The first-order valence-electron chi connectivity index (χ1n) is 4.15. The van der Waals surface area contributed by atoms with Crippen LogP contribution < -0.4 is 5.32 Å². The van der Waals surface area contributed by atoms with E-state index in [9.17, 15) is 0 Å². The molecule has 2 heterocycles. The predicted octanol–water partition coefficient (Wildman–Crippen LogP) is 2.49. The van der Waals surface area contributed by atoms with Gasteiger partial charge < -0.3 is 5.32 Å². The second kappa shape index (κ2) is 3.60.